The number of hydrogen-bond acceptors (Lipinski definition) is 23. The maximum absolute atomic E-state index is 14.6. The summed E-state index contributed by atoms with van der Waals surface area (Å²) in [6.07, 6.45) is -17.0. The Labute approximate surface area is 502 Å². The number of nitrogens with one attached hydrogen (secondary N) is 4. The molecule has 31 heteroatoms. The van der Waals surface area contributed by atoms with Crippen molar-refractivity contribution in [1.29, 1.82) is 0 Å². The minimum Gasteiger partial charge on any atom is -0.444 e. The predicted molar refractivity (Wildman–Crippen MR) is 302 cm³/mol. The molecule has 3 heterocycles. The third-order valence-corrected chi connectivity index (χ3v) is 15.5. The van der Waals surface area contributed by atoms with E-state index in [0.29, 0.717) is 13.0 Å². The maximum atomic E-state index is 14.6. The van der Waals surface area contributed by atoms with Crippen molar-refractivity contribution in [2.45, 2.75) is 241 Å². The van der Waals surface area contributed by atoms with Gasteiger partial charge in [0.2, 0.25) is 10.0 Å². The number of carbonyl (C=O) groups excluding carboxylic acids is 5. The van der Waals surface area contributed by atoms with Crippen LogP contribution in [0.5, 0.6) is 0 Å². The van der Waals surface area contributed by atoms with Crippen molar-refractivity contribution in [3.8, 4) is 0 Å². The summed E-state index contributed by atoms with van der Waals surface area (Å²) in [6, 6.07) is -1.14. The van der Waals surface area contributed by atoms with Crippen LogP contribution >= 0.6 is 0 Å². The van der Waals surface area contributed by atoms with Crippen molar-refractivity contribution < 1.29 is 105 Å². The van der Waals surface area contributed by atoms with E-state index in [-0.39, 0.29) is 26.0 Å². The van der Waals surface area contributed by atoms with E-state index < -0.39 is 190 Å². The summed E-state index contributed by atoms with van der Waals surface area (Å²) in [5, 5.41) is 69.8. The van der Waals surface area contributed by atoms with Gasteiger partial charge in [-0.25, -0.2) is 27.6 Å². The largest absolute Gasteiger partial charge is 0.444 e. The Bertz CT molecular complexity index is 2580. The van der Waals surface area contributed by atoms with Gasteiger partial charge in [-0.1, -0.05) is 6.07 Å². The van der Waals surface area contributed by atoms with Gasteiger partial charge in [0.05, 0.1) is 59.8 Å². The number of carbonyl (C=O) groups is 5. The third-order valence-electron chi connectivity index (χ3n) is 13.6. The van der Waals surface area contributed by atoms with E-state index in [1.165, 1.54) is 26.1 Å². The van der Waals surface area contributed by atoms with Crippen LogP contribution in [0.2, 0.25) is 0 Å². The number of ether oxygens (including phenoxy) is 10. The first-order chi connectivity index (χ1) is 39.6. The number of rotatable bonds is 20. The molecule has 0 radical (unpaired) electrons. The molecule has 4 fully saturated rings. The molecule has 8 N–H and O–H groups in total. The van der Waals surface area contributed by atoms with E-state index in [1.807, 2.05) is 0 Å². The van der Waals surface area contributed by atoms with E-state index >= 15 is 0 Å². The van der Waals surface area contributed by atoms with E-state index in [4.69, 9.17) is 47.4 Å². The molecular formula is C55H91N7O23S. The SMILES string of the molecule is CN(C(=O)OC(C)(C)C)[C@@H]1[C@@H](O)[C@@H](O[C@@H]2[C@@H](O)[C@H](O[C@H]3O[C@H](CN(CCOC4CCCCO4)S(=O)(=O)c4cccc([N+](=O)[O-])c4)CC[C@H]3NC(=O)OC(C)(C)C)[C@@H](NC(=O)OC(C)(C)C)C[C@H]2NC(=O)[C@@H](O)CNC(=O)OC(C)(C)C)OC[C@]1(C)O. The number of likely N-dealkylation sites (N-methyl/N-ethyl adjacent to an activating group) is 1. The number of hydrogen-bond donors (Lipinski definition) is 8. The number of aliphatic hydroxyl groups is 4. The van der Waals surface area contributed by atoms with Gasteiger partial charge in [-0.2, -0.15) is 4.31 Å². The number of nitro benzene ring substituents is 1. The fourth-order valence-corrected chi connectivity index (χ4v) is 11.4. The van der Waals surface area contributed by atoms with Gasteiger partial charge < -0.3 is 94.0 Å². The fraction of sp³-hybridized carbons (Fsp3) is 0.800. The van der Waals surface area contributed by atoms with Gasteiger partial charge in [0, 0.05) is 38.9 Å². The summed E-state index contributed by atoms with van der Waals surface area (Å²) in [5.74, 6) is -1.14. The van der Waals surface area contributed by atoms with Gasteiger partial charge in [0.1, 0.15) is 58.5 Å². The van der Waals surface area contributed by atoms with Crippen LogP contribution in [0.1, 0.15) is 129 Å². The van der Waals surface area contributed by atoms with Crippen LogP contribution in [0.3, 0.4) is 0 Å². The third kappa shape index (κ3) is 21.5. The average Bonchev–Trinajstić information content (AvgIpc) is 0.936. The molecule has 0 bridgehead atoms. The lowest BCUT2D eigenvalue weighted by atomic mass is 9.82. The Morgan fingerprint density at radius 1 is 0.779 bits per heavy atom. The topological polar surface area (TPSA) is 390 Å². The maximum Gasteiger partial charge on any atom is 0.410 e. The van der Waals surface area contributed by atoms with Gasteiger partial charge >= 0.3 is 24.4 Å². The number of aliphatic hydroxyl groups excluding tert-OH is 3. The standard InChI is InChI=1S/C55H91N7O23S/c1-51(2,3)82-47(67)56-28-37(63)44(66)57-35-27-36(59-49(69)84-53(7,8)9)42(39(64)41(35)81-46-40(65)43(55(13,71)30-78-46)60(14)50(70)85-54(10,11)12)80-45-34(58-48(68)83-52(4,5)6)22-21-32(79-45)29-61(23-25-77-38-20-15-16-24-76-38)86(74,75)33-19-17-18-31(26-33)62(72)73/h17-19,26,32,34-43,45-46,63-65,71H,15-16,20-25,27-30H2,1-14H3,(H,56,67)(H,57,66)(H,58,68)(H,59,69)/t32-,34+,35+,36-,37-,38?,39+,40+,41-,42+,43+,45+,46+,55-/m0/s1. The molecule has 0 aromatic heterocycles. The first-order valence-electron chi connectivity index (χ1n) is 28.7. The number of benzene rings is 1. The summed E-state index contributed by atoms with van der Waals surface area (Å²) in [7, 11) is -3.31. The van der Waals surface area contributed by atoms with Gasteiger partial charge in [-0.15, -0.1) is 0 Å². The molecule has 0 spiro atoms. The molecule has 14 atom stereocenters. The van der Waals surface area contributed by atoms with Crippen molar-refractivity contribution >= 4 is 46.0 Å². The van der Waals surface area contributed by atoms with Gasteiger partial charge in [-0.3, -0.25) is 14.9 Å². The zero-order valence-corrected chi connectivity index (χ0v) is 52.4. The smallest absolute Gasteiger partial charge is 0.410 e. The predicted octanol–water partition coefficient (Wildman–Crippen LogP) is 3.03. The number of nitro groups is 1. The van der Waals surface area contributed by atoms with Crippen LogP contribution in [-0.2, 0) is 62.2 Å². The molecule has 1 unspecified atom stereocenters. The van der Waals surface area contributed by atoms with E-state index in [9.17, 15) is 62.9 Å². The lowest BCUT2D eigenvalue weighted by Crippen LogP contribution is -2.71. The average molecular weight is 1250 g/mol. The Balaban J connectivity index is 1.58. The van der Waals surface area contributed by atoms with Gasteiger partial charge in [0.25, 0.3) is 11.6 Å². The normalized spacial score (nSPS) is 28.9. The number of alkyl carbamates (subject to hydrolysis) is 3. The van der Waals surface area contributed by atoms with Gasteiger partial charge in [-0.05, 0) is 135 Å². The molecule has 1 aliphatic carbocycles. The van der Waals surface area contributed by atoms with Crippen LogP contribution in [-0.4, -0.2) is 227 Å². The second kappa shape index (κ2) is 29.3. The lowest BCUT2D eigenvalue weighted by molar-refractivity contribution is -0.385. The first-order valence-corrected chi connectivity index (χ1v) is 30.1. The molecule has 1 saturated carbocycles. The van der Waals surface area contributed by atoms with E-state index in [2.05, 4.69) is 21.3 Å². The lowest BCUT2D eigenvalue weighted by Gasteiger charge is -2.51. The fourth-order valence-electron chi connectivity index (χ4n) is 9.92. The minimum atomic E-state index is -4.57. The molecule has 86 heavy (non-hydrogen) atoms. The van der Waals surface area contributed by atoms with Crippen molar-refractivity contribution in [2.75, 3.05) is 46.5 Å². The van der Waals surface area contributed by atoms with E-state index in [0.717, 1.165) is 34.2 Å². The highest BCUT2D eigenvalue weighted by molar-refractivity contribution is 7.89. The highest BCUT2D eigenvalue weighted by atomic mass is 32.2. The summed E-state index contributed by atoms with van der Waals surface area (Å²) in [6.45, 7) is 18.8. The second-order valence-electron chi connectivity index (χ2n) is 26.0. The molecule has 1 aromatic rings. The highest BCUT2D eigenvalue weighted by Gasteiger charge is 2.55. The molecular weight excluding hydrogens is 1160 g/mol. The molecule has 490 valence electrons. The molecule has 3 aliphatic heterocycles. The van der Waals surface area contributed by atoms with Crippen LogP contribution in [0.4, 0.5) is 24.9 Å². The monoisotopic (exact) mass is 1250 g/mol. The van der Waals surface area contributed by atoms with Crippen LogP contribution in [0.15, 0.2) is 29.2 Å². The Morgan fingerprint density at radius 2 is 1.35 bits per heavy atom. The van der Waals surface area contributed by atoms with Crippen molar-refractivity contribution in [2.24, 2.45) is 0 Å². The van der Waals surface area contributed by atoms with E-state index in [1.54, 1.807) is 83.1 Å². The van der Waals surface area contributed by atoms with Crippen LogP contribution in [0, 0.1) is 10.1 Å². The Hall–Kier alpha value is -5.32. The molecule has 4 aliphatic rings. The van der Waals surface area contributed by atoms with Crippen molar-refractivity contribution in [1.82, 2.24) is 30.5 Å². The first kappa shape index (κ1) is 71.4. The minimum absolute atomic E-state index is 0.0128. The summed E-state index contributed by atoms with van der Waals surface area (Å²) in [5.41, 5.74) is -6.53. The summed E-state index contributed by atoms with van der Waals surface area (Å²) >= 11 is 0. The Kier molecular flexibility index (Phi) is 24.4. The van der Waals surface area contributed by atoms with Crippen LogP contribution < -0.4 is 21.3 Å². The number of amides is 5. The zero-order valence-electron chi connectivity index (χ0n) is 51.6. The zero-order chi connectivity index (χ0) is 64.5. The second-order valence-corrected chi connectivity index (χ2v) is 27.9. The van der Waals surface area contributed by atoms with Crippen LogP contribution in [0.25, 0.3) is 0 Å². The number of sulfonamides is 1. The summed E-state index contributed by atoms with van der Waals surface area (Å²) in [4.78, 5) is 79.1. The van der Waals surface area contributed by atoms with Crippen molar-refractivity contribution in [3.63, 3.8) is 0 Å². The highest BCUT2D eigenvalue weighted by Crippen LogP contribution is 2.36. The number of nitrogens with zero attached hydrogens (tertiary/aromatic N) is 3. The Morgan fingerprint density at radius 3 is 1.92 bits per heavy atom. The van der Waals surface area contributed by atoms with Crippen molar-refractivity contribution in [3.05, 3.63) is 34.4 Å². The summed E-state index contributed by atoms with van der Waals surface area (Å²) < 4.78 is 89.5. The quantitative estimate of drug-likeness (QED) is 0.0528. The molecule has 30 nitrogen and oxygen atoms in total. The molecule has 3 saturated heterocycles. The number of non-ortho nitro benzene ring substituents is 1. The van der Waals surface area contributed by atoms with Gasteiger partial charge in [0.15, 0.2) is 18.9 Å². The molecule has 1 aromatic carbocycles. The molecule has 5 rings (SSSR count). The molecule has 5 amide bonds.